The van der Waals surface area contributed by atoms with Gasteiger partial charge in [-0.05, 0) is 43.9 Å². The SMILES string of the molecule is Cc1ccc2[nH]cc(CCC(=O)NCC3(O)CCCCC3)c2c1. The first-order chi connectivity index (χ1) is 11.1. The maximum atomic E-state index is 12.1. The highest BCUT2D eigenvalue weighted by atomic mass is 16.3. The van der Waals surface area contributed by atoms with Gasteiger partial charge in [-0.15, -0.1) is 0 Å². The van der Waals surface area contributed by atoms with E-state index in [-0.39, 0.29) is 5.91 Å². The molecule has 4 nitrogen and oxygen atoms in total. The van der Waals surface area contributed by atoms with Crippen LogP contribution in [-0.4, -0.2) is 28.1 Å². The van der Waals surface area contributed by atoms with Crippen molar-refractivity contribution in [1.29, 1.82) is 0 Å². The third-order valence-corrected chi connectivity index (χ3v) is 4.94. The van der Waals surface area contributed by atoms with E-state index in [9.17, 15) is 9.90 Å². The number of carbonyl (C=O) groups is 1. The summed E-state index contributed by atoms with van der Waals surface area (Å²) in [5.74, 6) is 0.0194. The lowest BCUT2D eigenvalue weighted by molar-refractivity contribution is -0.122. The molecule has 1 saturated carbocycles. The molecule has 0 atom stereocenters. The molecule has 1 aromatic carbocycles. The second-order valence-electron chi connectivity index (χ2n) is 6.92. The molecule has 0 bridgehead atoms. The van der Waals surface area contributed by atoms with E-state index in [1.54, 1.807) is 0 Å². The molecule has 1 fully saturated rings. The highest BCUT2D eigenvalue weighted by Crippen LogP contribution is 2.27. The van der Waals surface area contributed by atoms with Crippen LogP contribution in [0.4, 0.5) is 0 Å². The number of hydrogen-bond donors (Lipinski definition) is 3. The van der Waals surface area contributed by atoms with Crippen molar-refractivity contribution in [3.8, 4) is 0 Å². The molecular weight excluding hydrogens is 288 g/mol. The Kier molecular flexibility index (Phi) is 4.71. The van der Waals surface area contributed by atoms with Crippen LogP contribution in [0.1, 0.15) is 49.7 Å². The van der Waals surface area contributed by atoms with E-state index < -0.39 is 5.60 Å². The van der Waals surface area contributed by atoms with Crippen LogP contribution in [0.5, 0.6) is 0 Å². The fourth-order valence-corrected chi connectivity index (χ4v) is 3.49. The molecule has 1 aromatic heterocycles. The van der Waals surface area contributed by atoms with Gasteiger partial charge in [-0.25, -0.2) is 0 Å². The van der Waals surface area contributed by atoms with Gasteiger partial charge in [0.15, 0.2) is 0 Å². The molecule has 2 aromatic rings. The number of amides is 1. The minimum atomic E-state index is -0.689. The lowest BCUT2D eigenvalue weighted by atomic mass is 9.85. The van der Waals surface area contributed by atoms with Gasteiger partial charge >= 0.3 is 0 Å². The number of fused-ring (bicyclic) bond motifs is 1. The Hall–Kier alpha value is -1.81. The molecule has 124 valence electrons. The summed E-state index contributed by atoms with van der Waals surface area (Å²) in [5.41, 5.74) is 2.83. The van der Waals surface area contributed by atoms with Crippen LogP contribution in [-0.2, 0) is 11.2 Å². The number of nitrogens with one attached hydrogen (secondary N) is 2. The standard InChI is InChI=1S/C19H26N2O2/c1-14-5-7-17-16(11-14)15(12-20-17)6-8-18(22)21-13-19(23)9-3-2-4-10-19/h5,7,11-12,20,23H,2-4,6,8-10,13H2,1H3,(H,21,22). The van der Waals surface area contributed by atoms with E-state index in [1.807, 2.05) is 6.20 Å². The van der Waals surface area contributed by atoms with E-state index in [0.717, 1.165) is 31.2 Å². The Labute approximate surface area is 137 Å². The summed E-state index contributed by atoms with van der Waals surface area (Å²) < 4.78 is 0. The van der Waals surface area contributed by atoms with Gasteiger partial charge < -0.3 is 15.4 Å². The topological polar surface area (TPSA) is 65.1 Å². The summed E-state index contributed by atoms with van der Waals surface area (Å²) in [7, 11) is 0. The van der Waals surface area contributed by atoms with Crippen molar-refractivity contribution in [3.63, 3.8) is 0 Å². The number of rotatable bonds is 5. The molecule has 0 radical (unpaired) electrons. The molecule has 3 N–H and O–H groups in total. The highest BCUT2D eigenvalue weighted by Gasteiger charge is 2.29. The number of carbonyl (C=O) groups excluding carboxylic acids is 1. The van der Waals surface area contributed by atoms with Gasteiger partial charge in [-0.3, -0.25) is 4.79 Å². The van der Waals surface area contributed by atoms with Crippen LogP contribution < -0.4 is 5.32 Å². The van der Waals surface area contributed by atoms with Crippen molar-refractivity contribution in [1.82, 2.24) is 10.3 Å². The largest absolute Gasteiger partial charge is 0.388 e. The number of aryl methyl sites for hydroxylation is 2. The van der Waals surface area contributed by atoms with Crippen molar-refractivity contribution >= 4 is 16.8 Å². The molecule has 23 heavy (non-hydrogen) atoms. The Balaban J connectivity index is 1.53. The maximum Gasteiger partial charge on any atom is 0.220 e. The van der Waals surface area contributed by atoms with E-state index in [1.165, 1.54) is 22.9 Å². The molecular formula is C19H26N2O2. The molecule has 0 saturated heterocycles. The highest BCUT2D eigenvalue weighted by molar-refractivity contribution is 5.84. The Morgan fingerprint density at radius 2 is 2.09 bits per heavy atom. The van der Waals surface area contributed by atoms with Crippen LogP contribution >= 0.6 is 0 Å². The maximum absolute atomic E-state index is 12.1. The first kappa shape index (κ1) is 16.1. The molecule has 0 spiro atoms. The fourth-order valence-electron chi connectivity index (χ4n) is 3.49. The van der Waals surface area contributed by atoms with Crippen molar-refractivity contribution in [2.24, 2.45) is 0 Å². The normalized spacial score (nSPS) is 17.3. The first-order valence-electron chi connectivity index (χ1n) is 8.61. The van der Waals surface area contributed by atoms with Crippen LogP contribution in [0.3, 0.4) is 0 Å². The Morgan fingerprint density at radius 3 is 2.87 bits per heavy atom. The average Bonchev–Trinajstić information content (AvgIpc) is 2.94. The second-order valence-corrected chi connectivity index (χ2v) is 6.92. The first-order valence-corrected chi connectivity index (χ1v) is 8.61. The van der Waals surface area contributed by atoms with E-state index in [2.05, 4.69) is 35.4 Å². The monoisotopic (exact) mass is 314 g/mol. The zero-order valence-corrected chi connectivity index (χ0v) is 13.8. The number of benzene rings is 1. The smallest absolute Gasteiger partial charge is 0.220 e. The molecule has 0 unspecified atom stereocenters. The number of aromatic nitrogens is 1. The average molecular weight is 314 g/mol. The fraction of sp³-hybridized carbons (Fsp3) is 0.526. The van der Waals surface area contributed by atoms with Gasteiger partial charge in [-0.1, -0.05) is 30.9 Å². The molecule has 4 heteroatoms. The summed E-state index contributed by atoms with van der Waals surface area (Å²) in [5, 5.41) is 14.5. The molecule has 1 amide bonds. The summed E-state index contributed by atoms with van der Waals surface area (Å²) in [6.07, 6.45) is 8.07. The minimum Gasteiger partial charge on any atom is -0.388 e. The predicted octanol–water partition coefficient (Wildman–Crippen LogP) is 3.22. The van der Waals surface area contributed by atoms with Gasteiger partial charge in [0.05, 0.1) is 5.60 Å². The third-order valence-electron chi connectivity index (χ3n) is 4.94. The predicted molar refractivity (Wildman–Crippen MR) is 92.4 cm³/mol. The number of H-pyrrole nitrogens is 1. The van der Waals surface area contributed by atoms with Crippen LogP contribution in [0.2, 0.25) is 0 Å². The number of aromatic amines is 1. The number of hydrogen-bond acceptors (Lipinski definition) is 2. The van der Waals surface area contributed by atoms with Gasteiger partial charge in [0, 0.05) is 30.1 Å². The van der Waals surface area contributed by atoms with Gasteiger partial charge in [0.2, 0.25) is 5.91 Å². The summed E-state index contributed by atoms with van der Waals surface area (Å²) in [4.78, 5) is 15.4. The molecule has 0 aliphatic heterocycles. The van der Waals surface area contributed by atoms with Crippen molar-refractivity contribution in [2.45, 2.75) is 57.5 Å². The van der Waals surface area contributed by atoms with Crippen molar-refractivity contribution < 1.29 is 9.90 Å². The van der Waals surface area contributed by atoms with Crippen molar-refractivity contribution in [2.75, 3.05) is 6.54 Å². The number of aliphatic hydroxyl groups is 1. The molecule has 3 rings (SSSR count). The van der Waals surface area contributed by atoms with Crippen LogP contribution in [0, 0.1) is 6.92 Å². The zero-order chi connectivity index (χ0) is 16.3. The summed E-state index contributed by atoms with van der Waals surface area (Å²) >= 11 is 0. The van der Waals surface area contributed by atoms with Crippen LogP contribution in [0.15, 0.2) is 24.4 Å². The Bertz CT molecular complexity index is 684. The molecule has 1 heterocycles. The molecule has 1 aliphatic rings. The van der Waals surface area contributed by atoms with Gasteiger partial charge in [0.25, 0.3) is 0 Å². The second kappa shape index (κ2) is 6.75. The minimum absolute atomic E-state index is 0.0194. The molecule has 1 aliphatic carbocycles. The van der Waals surface area contributed by atoms with E-state index in [0.29, 0.717) is 19.4 Å². The zero-order valence-electron chi connectivity index (χ0n) is 13.8. The summed E-state index contributed by atoms with van der Waals surface area (Å²) in [6.45, 7) is 2.46. The van der Waals surface area contributed by atoms with E-state index in [4.69, 9.17) is 0 Å². The van der Waals surface area contributed by atoms with Crippen molar-refractivity contribution in [3.05, 3.63) is 35.5 Å². The summed E-state index contributed by atoms with van der Waals surface area (Å²) in [6, 6.07) is 6.32. The third kappa shape index (κ3) is 3.94. The Morgan fingerprint density at radius 1 is 1.30 bits per heavy atom. The van der Waals surface area contributed by atoms with E-state index >= 15 is 0 Å². The quantitative estimate of drug-likeness (QED) is 0.793. The van der Waals surface area contributed by atoms with Gasteiger partial charge in [0.1, 0.15) is 0 Å². The van der Waals surface area contributed by atoms with Crippen LogP contribution in [0.25, 0.3) is 10.9 Å². The lowest BCUT2D eigenvalue weighted by Gasteiger charge is -2.32. The lowest BCUT2D eigenvalue weighted by Crippen LogP contribution is -2.44. The van der Waals surface area contributed by atoms with Gasteiger partial charge in [-0.2, -0.15) is 0 Å².